The van der Waals surface area contributed by atoms with Gasteiger partial charge in [-0.1, -0.05) is 48.5 Å². The summed E-state index contributed by atoms with van der Waals surface area (Å²) in [5, 5.41) is 2.67. The van der Waals surface area contributed by atoms with Crippen molar-refractivity contribution in [2.75, 3.05) is 5.32 Å². The lowest BCUT2D eigenvalue weighted by Gasteiger charge is -2.19. The molecule has 0 bridgehead atoms. The molecule has 1 aromatic heterocycles. The predicted molar refractivity (Wildman–Crippen MR) is 97.2 cm³/mol. The van der Waals surface area contributed by atoms with Crippen molar-refractivity contribution in [3.63, 3.8) is 0 Å². The van der Waals surface area contributed by atoms with E-state index in [9.17, 15) is 4.79 Å². The van der Waals surface area contributed by atoms with Gasteiger partial charge < -0.3 is 9.15 Å². The van der Waals surface area contributed by atoms with Crippen molar-refractivity contribution in [1.29, 1.82) is 0 Å². The van der Waals surface area contributed by atoms with E-state index in [-0.39, 0.29) is 5.88 Å². The SMILES string of the molecule is CC(C)(C)OC(=O)Nc1oc(-c2ccccc2)nc1-c1ccccc1. The van der Waals surface area contributed by atoms with Crippen LogP contribution in [0.15, 0.2) is 65.1 Å². The van der Waals surface area contributed by atoms with Crippen molar-refractivity contribution in [2.45, 2.75) is 26.4 Å². The van der Waals surface area contributed by atoms with Crippen molar-refractivity contribution >= 4 is 12.0 Å². The second-order valence-electron chi connectivity index (χ2n) is 6.56. The van der Waals surface area contributed by atoms with E-state index in [4.69, 9.17) is 9.15 Å². The van der Waals surface area contributed by atoms with Gasteiger partial charge in [0.25, 0.3) is 0 Å². The summed E-state index contributed by atoms with van der Waals surface area (Å²) in [4.78, 5) is 16.7. The summed E-state index contributed by atoms with van der Waals surface area (Å²) in [5.74, 6) is 0.699. The highest BCUT2D eigenvalue weighted by molar-refractivity contribution is 5.88. The first-order chi connectivity index (χ1) is 11.9. The van der Waals surface area contributed by atoms with Crippen LogP contribution in [0.1, 0.15) is 20.8 Å². The molecule has 5 heteroatoms. The van der Waals surface area contributed by atoms with Crippen molar-refractivity contribution in [3.05, 3.63) is 60.7 Å². The Labute approximate surface area is 146 Å². The fourth-order valence-corrected chi connectivity index (χ4v) is 2.30. The number of ether oxygens (including phenoxy) is 1. The van der Waals surface area contributed by atoms with Crippen LogP contribution in [0.3, 0.4) is 0 Å². The summed E-state index contributed by atoms with van der Waals surface area (Å²) >= 11 is 0. The number of amides is 1. The molecule has 1 amide bonds. The maximum atomic E-state index is 12.1. The van der Waals surface area contributed by atoms with Crippen LogP contribution in [0.2, 0.25) is 0 Å². The van der Waals surface area contributed by atoms with Crippen LogP contribution in [0.5, 0.6) is 0 Å². The summed E-state index contributed by atoms with van der Waals surface area (Å²) in [5.41, 5.74) is 1.64. The molecule has 0 radical (unpaired) electrons. The quantitative estimate of drug-likeness (QED) is 0.699. The zero-order valence-electron chi connectivity index (χ0n) is 14.4. The van der Waals surface area contributed by atoms with Gasteiger partial charge in [-0.25, -0.2) is 9.78 Å². The van der Waals surface area contributed by atoms with Gasteiger partial charge in [0.15, 0.2) is 0 Å². The molecule has 0 saturated heterocycles. The Hall–Kier alpha value is -3.08. The minimum atomic E-state index is -0.598. The van der Waals surface area contributed by atoms with Crippen molar-refractivity contribution in [1.82, 2.24) is 4.98 Å². The molecule has 25 heavy (non-hydrogen) atoms. The van der Waals surface area contributed by atoms with Gasteiger partial charge in [-0.05, 0) is 32.9 Å². The highest BCUT2D eigenvalue weighted by atomic mass is 16.6. The monoisotopic (exact) mass is 336 g/mol. The normalized spacial score (nSPS) is 11.2. The Kier molecular flexibility index (Phi) is 4.57. The summed E-state index contributed by atoms with van der Waals surface area (Å²) in [6, 6.07) is 19.1. The largest absolute Gasteiger partial charge is 0.444 e. The molecule has 0 aliphatic rings. The zero-order valence-corrected chi connectivity index (χ0v) is 14.4. The van der Waals surface area contributed by atoms with E-state index in [0.717, 1.165) is 11.1 Å². The van der Waals surface area contributed by atoms with Crippen LogP contribution < -0.4 is 5.32 Å². The first-order valence-corrected chi connectivity index (χ1v) is 8.04. The van der Waals surface area contributed by atoms with Crippen LogP contribution in [-0.4, -0.2) is 16.7 Å². The number of carbonyl (C=O) groups is 1. The fraction of sp³-hybridized carbons (Fsp3) is 0.200. The van der Waals surface area contributed by atoms with Gasteiger partial charge in [0.1, 0.15) is 11.3 Å². The number of hydrogen-bond acceptors (Lipinski definition) is 4. The van der Waals surface area contributed by atoms with Gasteiger partial charge in [-0.2, -0.15) is 0 Å². The molecule has 0 aliphatic heterocycles. The van der Waals surface area contributed by atoms with Crippen LogP contribution >= 0.6 is 0 Å². The summed E-state index contributed by atoms with van der Waals surface area (Å²) in [6.45, 7) is 5.42. The highest BCUT2D eigenvalue weighted by Crippen LogP contribution is 2.33. The molecule has 3 aromatic rings. The summed E-state index contributed by atoms with van der Waals surface area (Å²) in [6.07, 6.45) is -0.583. The Balaban J connectivity index is 1.98. The van der Waals surface area contributed by atoms with Crippen LogP contribution in [-0.2, 0) is 4.74 Å². The molecule has 0 saturated carbocycles. The van der Waals surface area contributed by atoms with Gasteiger partial charge in [0.2, 0.25) is 11.8 Å². The topological polar surface area (TPSA) is 64.4 Å². The van der Waals surface area contributed by atoms with E-state index in [1.807, 2.05) is 60.7 Å². The lowest BCUT2D eigenvalue weighted by atomic mass is 10.1. The number of hydrogen-bond donors (Lipinski definition) is 1. The van der Waals surface area contributed by atoms with Gasteiger partial charge in [-0.15, -0.1) is 0 Å². The second-order valence-corrected chi connectivity index (χ2v) is 6.56. The van der Waals surface area contributed by atoms with Crippen LogP contribution in [0.4, 0.5) is 10.7 Å². The molecule has 0 unspecified atom stereocenters. The van der Waals surface area contributed by atoms with E-state index in [2.05, 4.69) is 10.3 Å². The molecule has 1 heterocycles. The molecule has 3 rings (SSSR count). The highest BCUT2D eigenvalue weighted by Gasteiger charge is 2.22. The molecule has 5 nitrogen and oxygen atoms in total. The van der Waals surface area contributed by atoms with Crippen molar-refractivity contribution < 1.29 is 13.9 Å². The van der Waals surface area contributed by atoms with E-state index in [0.29, 0.717) is 11.6 Å². The lowest BCUT2D eigenvalue weighted by molar-refractivity contribution is 0.0633. The number of nitrogens with zero attached hydrogens (tertiary/aromatic N) is 1. The molecule has 0 aliphatic carbocycles. The number of aromatic nitrogens is 1. The maximum Gasteiger partial charge on any atom is 0.414 e. The van der Waals surface area contributed by atoms with Crippen molar-refractivity contribution in [2.24, 2.45) is 0 Å². The Morgan fingerprint density at radius 2 is 1.52 bits per heavy atom. The predicted octanol–water partition coefficient (Wildman–Crippen LogP) is 5.36. The van der Waals surface area contributed by atoms with Crippen LogP contribution in [0.25, 0.3) is 22.7 Å². The number of benzene rings is 2. The first kappa shape index (κ1) is 16.8. The van der Waals surface area contributed by atoms with Gasteiger partial charge in [0, 0.05) is 11.1 Å². The number of nitrogens with one attached hydrogen (secondary N) is 1. The Morgan fingerprint density at radius 3 is 2.08 bits per heavy atom. The minimum Gasteiger partial charge on any atom is -0.444 e. The summed E-state index contributed by atoms with van der Waals surface area (Å²) < 4.78 is 11.1. The van der Waals surface area contributed by atoms with E-state index in [1.165, 1.54) is 0 Å². The Morgan fingerprint density at radius 1 is 0.960 bits per heavy atom. The lowest BCUT2D eigenvalue weighted by Crippen LogP contribution is -2.27. The van der Waals surface area contributed by atoms with Crippen LogP contribution in [0, 0.1) is 0 Å². The molecule has 0 atom stereocenters. The maximum absolute atomic E-state index is 12.1. The van der Waals surface area contributed by atoms with E-state index >= 15 is 0 Å². The Bertz CT molecular complexity index is 850. The molecular weight excluding hydrogens is 316 g/mol. The fourth-order valence-electron chi connectivity index (χ4n) is 2.30. The third-order valence-corrected chi connectivity index (χ3v) is 3.31. The molecule has 2 aromatic carbocycles. The number of oxazole rings is 1. The average Bonchev–Trinajstić information content (AvgIpc) is 2.98. The van der Waals surface area contributed by atoms with E-state index < -0.39 is 11.7 Å². The third-order valence-electron chi connectivity index (χ3n) is 3.31. The minimum absolute atomic E-state index is 0.263. The molecular formula is C20H20N2O3. The zero-order chi connectivity index (χ0) is 17.9. The summed E-state index contributed by atoms with van der Waals surface area (Å²) in [7, 11) is 0. The number of rotatable bonds is 3. The standard InChI is InChI=1S/C20H20N2O3/c1-20(2,3)25-19(23)22-18-16(14-10-6-4-7-11-14)21-17(24-18)15-12-8-5-9-13-15/h4-13H,1-3H3,(H,22,23). The van der Waals surface area contributed by atoms with Gasteiger partial charge in [0.05, 0.1) is 0 Å². The van der Waals surface area contributed by atoms with Gasteiger partial charge in [-0.3, -0.25) is 5.32 Å². The smallest absolute Gasteiger partial charge is 0.414 e. The molecule has 0 fully saturated rings. The number of carbonyl (C=O) groups excluding carboxylic acids is 1. The molecule has 128 valence electrons. The third kappa shape index (κ3) is 4.26. The molecule has 0 spiro atoms. The van der Waals surface area contributed by atoms with Gasteiger partial charge >= 0.3 is 6.09 Å². The molecule has 1 N–H and O–H groups in total. The van der Waals surface area contributed by atoms with Crippen molar-refractivity contribution in [3.8, 4) is 22.7 Å². The van der Waals surface area contributed by atoms with E-state index in [1.54, 1.807) is 20.8 Å². The number of anilines is 1. The average molecular weight is 336 g/mol. The first-order valence-electron chi connectivity index (χ1n) is 8.04. The second kappa shape index (κ2) is 6.81.